The normalized spacial score (nSPS) is 19.7. The molecule has 1 aliphatic carbocycles. The molecule has 0 aliphatic heterocycles. The first-order valence-electron chi connectivity index (χ1n) is 4.94. The van der Waals surface area contributed by atoms with Crippen LogP contribution in [0.2, 0.25) is 0 Å². The summed E-state index contributed by atoms with van der Waals surface area (Å²) in [5, 5.41) is 0. The van der Waals surface area contributed by atoms with Crippen LogP contribution in [0, 0.1) is 0 Å². The predicted octanol–water partition coefficient (Wildman–Crippen LogP) is 3.32. The number of fused-ring (bicyclic) bond motifs is 1. The lowest BCUT2D eigenvalue weighted by atomic mass is 10.1. The number of rotatable bonds is 3. The van der Waals surface area contributed by atoms with E-state index in [1.807, 2.05) is 10.5 Å². The van der Waals surface area contributed by atoms with Crippen LogP contribution < -0.4 is 0 Å². The molecule has 1 aromatic carbocycles. The molecule has 74 valence electrons. The molecule has 0 amide bonds. The van der Waals surface area contributed by atoms with Crippen LogP contribution in [0.3, 0.4) is 0 Å². The van der Waals surface area contributed by atoms with Crippen molar-refractivity contribution in [1.82, 2.24) is 4.42 Å². The van der Waals surface area contributed by atoms with Gasteiger partial charge >= 0.3 is 0 Å². The Labute approximate surface area is 90.1 Å². The largest absolute Gasteiger partial charge is 0.209 e. The second-order valence-corrected chi connectivity index (χ2v) is 4.06. The van der Waals surface area contributed by atoms with Gasteiger partial charge in [-0.05, 0) is 35.7 Å². The van der Waals surface area contributed by atoms with Crippen LogP contribution in [0.25, 0.3) is 0 Å². The maximum Gasteiger partial charge on any atom is 0.0510 e. The third kappa shape index (κ3) is 1.70. The molecule has 0 saturated carbocycles. The van der Waals surface area contributed by atoms with Crippen molar-refractivity contribution in [3.8, 4) is 0 Å². The van der Waals surface area contributed by atoms with E-state index in [0.717, 1.165) is 19.4 Å². The molecule has 1 aromatic rings. The molecule has 0 saturated heterocycles. The maximum atomic E-state index is 6.18. The molecule has 0 fully saturated rings. The summed E-state index contributed by atoms with van der Waals surface area (Å²) in [6, 6.07) is 8.90. The van der Waals surface area contributed by atoms with Crippen molar-refractivity contribution in [1.29, 1.82) is 0 Å². The lowest BCUT2D eigenvalue weighted by molar-refractivity contribution is 0.374. The number of halogens is 1. The van der Waals surface area contributed by atoms with E-state index in [1.54, 1.807) is 0 Å². The highest BCUT2D eigenvalue weighted by molar-refractivity contribution is 6.13. The average Bonchev–Trinajstić information content (AvgIpc) is 2.61. The average molecular weight is 208 g/mol. The molecule has 0 spiro atoms. The summed E-state index contributed by atoms with van der Waals surface area (Å²) in [6.45, 7) is 4.44. The molecule has 1 aliphatic rings. The number of aryl methyl sites for hydroxylation is 1. The summed E-state index contributed by atoms with van der Waals surface area (Å²) in [7, 11) is 0. The fraction of sp³-hybridized carbons (Fsp3) is 0.333. The molecular formula is C12H14ClN. The highest BCUT2D eigenvalue weighted by Gasteiger charge is 2.25. The van der Waals surface area contributed by atoms with E-state index in [1.165, 1.54) is 11.1 Å². The molecule has 2 rings (SSSR count). The second-order valence-electron chi connectivity index (χ2n) is 3.62. The van der Waals surface area contributed by atoms with Gasteiger partial charge in [-0.2, -0.15) is 0 Å². The van der Waals surface area contributed by atoms with Gasteiger partial charge < -0.3 is 0 Å². The number of hydrogen-bond acceptors (Lipinski definition) is 1. The summed E-state index contributed by atoms with van der Waals surface area (Å²) in [5.41, 5.74) is 2.82. The molecule has 0 bridgehead atoms. The summed E-state index contributed by atoms with van der Waals surface area (Å²) in [6.07, 6.45) is 4.10. The summed E-state index contributed by atoms with van der Waals surface area (Å²) >= 11 is 6.18. The van der Waals surface area contributed by atoms with Crippen LogP contribution in [-0.2, 0) is 6.42 Å². The smallest absolute Gasteiger partial charge is 0.0510 e. The Morgan fingerprint density at radius 2 is 2.29 bits per heavy atom. The van der Waals surface area contributed by atoms with Gasteiger partial charge in [-0.1, -0.05) is 30.3 Å². The minimum absolute atomic E-state index is 0.367. The van der Waals surface area contributed by atoms with Gasteiger partial charge in [0.05, 0.1) is 6.04 Å². The lowest BCUT2D eigenvalue weighted by Crippen LogP contribution is -2.17. The van der Waals surface area contributed by atoms with E-state index < -0.39 is 0 Å². The lowest BCUT2D eigenvalue weighted by Gasteiger charge is -2.20. The Hall–Kier alpha value is -0.790. The van der Waals surface area contributed by atoms with Crippen molar-refractivity contribution in [2.24, 2.45) is 0 Å². The highest BCUT2D eigenvalue weighted by Crippen LogP contribution is 2.36. The zero-order valence-electron chi connectivity index (χ0n) is 8.12. The molecule has 0 heterocycles. The summed E-state index contributed by atoms with van der Waals surface area (Å²) in [4.78, 5) is 0. The molecule has 2 heteroatoms. The van der Waals surface area contributed by atoms with Crippen molar-refractivity contribution < 1.29 is 0 Å². The van der Waals surface area contributed by atoms with E-state index in [2.05, 4.69) is 30.8 Å². The molecule has 1 atom stereocenters. The van der Waals surface area contributed by atoms with Gasteiger partial charge in [0.25, 0.3) is 0 Å². The van der Waals surface area contributed by atoms with E-state index in [-0.39, 0.29) is 0 Å². The SMILES string of the molecule is C=CCN(Cl)C1CCc2ccccc21. The first-order valence-corrected chi connectivity index (χ1v) is 5.28. The monoisotopic (exact) mass is 207 g/mol. The zero-order chi connectivity index (χ0) is 9.97. The van der Waals surface area contributed by atoms with Gasteiger partial charge in [-0.25, -0.2) is 4.42 Å². The molecule has 1 unspecified atom stereocenters. The first kappa shape index (κ1) is 9.75. The minimum atomic E-state index is 0.367. The molecule has 14 heavy (non-hydrogen) atoms. The maximum absolute atomic E-state index is 6.18. The standard InChI is InChI=1S/C12H14ClN/c1-2-9-14(13)12-8-7-10-5-3-4-6-11(10)12/h2-6,12H,1,7-9H2. The zero-order valence-corrected chi connectivity index (χ0v) is 8.87. The molecule has 0 aromatic heterocycles. The number of nitrogens with zero attached hydrogens (tertiary/aromatic N) is 1. The van der Waals surface area contributed by atoms with Crippen molar-refractivity contribution in [3.63, 3.8) is 0 Å². The minimum Gasteiger partial charge on any atom is -0.209 e. The number of benzene rings is 1. The van der Waals surface area contributed by atoms with Crippen molar-refractivity contribution >= 4 is 11.8 Å². The van der Waals surface area contributed by atoms with Crippen molar-refractivity contribution in [3.05, 3.63) is 48.0 Å². The van der Waals surface area contributed by atoms with E-state index in [9.17, 15) is 0 Å². The third-order valence-electron chi connectivity index (χ3n) is 2.74. The van der Waals surface area contributed by atoms with Crippen LogP contribution >= 0.6 is 11.8 Å². The Morgan fingerprint density at radius 1 is 1.50 bits per heavy atom. The van der Waals surface area contributed by atoms with E-state index >= 15 is 0 Å². The third-order valence-corrected chi connectivity index (χ3v) is 3.12. The van der Waals surface area contributed by atoms with Gasteiger partial charge in [0, 0.05) is 6.54 Å². The topological polar surface area (TPSA) is 3.24 Å². The molecule has 1 nitrogen and oxygen atoms in total. The fourth-order valence-corrected chi connectivity index (χ4v) is 2.38. The Kier molecular flexibility index (Phi) is 2.90. The van der Waals surface area contributed by atoms with Crippen LogP contribution in [0.1, 0.15) is 23.6 Å². The van der Waals surface area contributed by atoms with Crippen LogP contribution in [0.4, 0.5) is 0 Å². The van der Waals surface area contributed by atoms with Crippen LogP contribution in [0.5, 0.6) is 0 Å². The highest BCUT2D eigenvalue weighted by atomic mass is 35.5. The van der Waals surface area contributed by atoms with Gasteiger partial charge in [-0.15, -0.1) is 6.58 Å². The summed E-state index contributed by atoms with van der Waals surface area (Å²) < 4.78 is 1.85. The Bertz CT molecular complexity index is 335. The Morgan fingerprint density at radius 3 is 3.07 bits per heavy atom. The molecular weight excluding hydrogens is 194 g/mol. The van der Waals surface area contributed by atoms with E-state index in [4.69, 9.17) is 11.8 Å². The molecule has 0 radical (unpaired) electrons. The second kappa shape index (κ2) is 4.16. The van der Waals surface area contributed by atoms with Crippen LogP contribution in [0.15, 0.2) is 36.9 Å². The first-order chi connectivity index (χ1) is 6.83. The fourth-order valence-electron chi connectivity index (χ4n) is 2.08. The predicted molar refractivity (Wildman–Crippen MR) is 60.3 cm³/mol. The summed E-state index contributed by atoms with van der Waals surface area (Å²) in [5.74, 6) is 0. The van der Waals surface area contributed by atoms with Gasteiger partial charge in [-0.3, -0.25) is 0 Å². The molecule has 0 N–H and O–H groups in total. The van der Waals surface area contributed by atoms with E-state index in [0.29, 0.717) is 6.04 Å². The van der Waals surface area contributed by atoms with Crippen molar-refractivity contribution in [2.75, 3.05) is 6.54 Å². The Balaban J connectivity index is 2.21. The van der Waals surface area contributed by atoms with Gasteiger partial charge in [0.2, 0.25) is 0 Å². The quantitative estimate of drug-likeness (QED) is 0.543. The van der Waals surface area contributed by atoms with Gasteiger partial charge in [0.1, 0.15) is 0 Å². The number of hydrogen-bond donors (Lipinski definition) is 0. The van der Waals surface area contributed by atoms with Gasteiger partial charge in [0.15, 0.2) is 0 Å². The van der Waals surface area contributed by atoms with Crippen molar-refractivity contribution in [2.45, 2.75) is 18.9 Å². The van der Waals surface area contributed by atoms with Crippen LogP contribution in [-0.4, -0.2) is 11.0 Å².